The molecule has 2 aromatic rings. The summed E-state index contributed by atoms with van der Waals surface area (Å²) in [5, 5.41) is 0. The van der Waals surface area contributed by atoms with Gasteiger partial charge in [-0.2, -0.15) is 0 Å². The van der Waals surface area contributed by atoms with E-state index < -0.39 is 0 Å². The third kappa shape index (κ3) is 5.04. The lowest BCUT2D eigenvalue weighted by molar-refractivity contribution is 0.309. The van der Waals surface area contributed by atoms with Gasteiger partial charge in [0, 0.05) is 16.7 Å². The lowest BCUT2D eigenvalue weighted by Crippen LogP contribution is -1.95. The zero-order valence-electron chi connectivity index (χ0n) is 13.1. The van der Waals surface area contributed by atoms with Crippen LogP contribution in [0.25, 0.3) is 0 Å². The van der Waals surface area contributed by atoms with Crippen molar-refractivity contribution in [2.45, 2.75) is 26.7 Å². The molecule has 110 valence electrons. The molecule has 0 fully saturated rings. The van der Waals surface area contributed by atoms with Gasteiger partial charge in [-0.3, -0.25) is 0 Å². The van der Waals surface area contributed by atoms with Gasteiger partial charge in [0.25, 0.3) is 0 Å². The van der Waals surface area contributed by atoms with Crippen molar-refractivity contribution in [3.63, 3.8) is 0 Å². The molecule has 0 aromatic heterocycles. The summed E-state index contributed by atoms with van der Waals surface area (Å²) >= 11 is 0. The van der Waals surface area contributed by atoms with Crippen molar-refractivity contribution in [2.24, 2.45) is 0 Å². The maximum atomic E-state index is 5.64. The van der Waals surface area contributed by atoms with Crippen molar-refractivity contribution in [3.8, 4) is 29.4 Å². The molecular weight excluding hydrogens is 268 g/mol. The van der Waals surface area contributed by atoms with E-state index in [0.29, 0.717) is 0 Å². The molecular formula is C21H20O. The van der Waals surface area contributed by atoms with Gasteiger partial charge in [-0.05, 0) is 61.9 Å². The van der Waals surface area contributed by atoms with E-state index >= 15 is 0 Å². The third-order valence-electron chi connectivity index (χ3n) is 3.13. The first-order chi connectivity index (χ1) is 10.8. The summed E-state index contributed by atoms with van der Waals surface area (Å²) in [5.74, 6) is 13.1. The summed E-state index contributed by atoms with van der Waals surface area (Å²) in [5.41, 5.74) is 2.99. The highest BCUT2D eigenvalue weighted by Crippen LogP contribution is 2.12. The van der Waals surface area contributed by atoms with Gasteiger partial charge in [-0.25, -0.2) is 0 Å². The van der Waals surface area contributed by atoms with E-state index in [-0.39, 0.29) is 0 Å². The van der Waals surface area contributed by atoms with E-state index in [2.05, 4.69) is 30.6 Å². The number of rotatable bonds is 4. The van der Waals surface area contributed by atoms with Gasteiger partial charge in [0.05, 0.1) is 6.61 Å². The van der Waals surface area contributed by atoms with Crippen LogP contribution in [-0.4, -0.2) is 6.61 Å². The predicted molar refractivity (Wildman–Crippen MR) is 91.8 cm³/mol. The van der Waals surface area contributed by atoms with Gasteiger partial charge >= 0.3 is 0 Å². The highest BCUT2D eigenvalue weighted by atomic mass is 16.5. The van der Waals surface area contributed by atoms with Gasteiger partial charge in [-0.15, -0.1) is 5.92 Å². The summed E-state index contributed by atoms with van der Waals surface area (Å²) in [6.07, 6.45) is 2.23. The SMILES string of the molecule is CC#Cc1ccc(C#Cc2ccc(OCCCC)cc2)cc1. The minimum Gasteiger partial charge on any atom is -0.494 e. The van der Waals surface area contributed by atoms with E-state index in [4.69, 9.17) is 4.74 Å². The number of hydrogen-bond acceptors (Lipinski definition) is 1. The molecule has 0 bridgehead atoms. The Hall–Kier alpha value is -2.64. The largest absolute Gasteiger partial charge is 0.494 e. The summed E-state index contributed by atoms with van der Waals surface area (Å²) in [7, 11) is 0. The molecule has 1 nitrogen and oxygen atoms in total. The van der Waals surface area contributed by atoms with E-state index in [9.17, 15) is 0 Å². The Morgan fingerprint density at radius 1 is 0.773 bits per heavy atom. The second-order valence-electron chi connectivity index (χ2n) is 4.93. The van der Waals surface area contributed by atoms with Gasteiger partial charge in [-0.1, -0.05) is 31.1 Å². The Balaban J connectivity index is 1.99. The van der Waals surface area contributed by atoms with Crippen molar-refractivity contribution >= 4 is 0 Å². The molecule has 2 aromatic carbocycles. The zero-order valence-corrected chi connectivity index (χ0v) is 13.1. The lowest BCUT2D eigenvalue weighted by atomic mass is 10.1. The minimum atomic E-state index is 0.772. The van der Waals surface area contributed by atoms with Gasteiger partial charge in [0.15, 0.2) is 0 Å². The van der Waals surface area contributed by atoms with Crippen molar-refractivity contribution in [2.75, 3.05) is 6.61 Å². The first-order valence-electron chi connectivity index (χ1n) is 7.59. The van der Waals surface area contributed by atoms with Crippen LogP contribution in [0.1, 0.15) is 43.4 Å². The maximum absolute atomic E-state index is 5.64. The number of unbranched alkanes of at least 4 members (excludes halogenated alkanes) is 1. The zero-order chi connectivity index (χ0) is 15.6. The topological polar surface area (TPSA) is 9.23 Å². The predicted octanol–water partition coefficient (Wildman–Crippen LogP) is 4.64. The fourth-order valence-corrected chi connectivity index (χ4v) is 1.89. The van der Waals surface area contributed by atoms with E-state index in [1.807, 2.05) is 55.5 Å². The fraction of sp³-hybridized carbons (Fsp3) is 0.238. The molecule has 22 heavy (non-hydrogen) atoms. The van der Waals surface area contributed by atoms with E-state index in [0.717, 1.165) is 41.9 Å². The van der Waals surface area contributed by atoms with Gasteiger partial charge < -0.3 is 4.74 Å². The Bertz CT molecular complexity index is 701. The van der Waals surface area contributed by atoms with Crippen molar-refractivity contribution in [1.82, 2.24) is 0 Å². The molecule has 0 saturated heterocycles. The molecule has 0 amide bonds. The van der Waals surface area contributed by atoms with Crippen LogP contribution in [0.15, 0.2) is 48.5 Å². The summed E-state index contributed by atoms with van der Waals surface area (Å²) in [6, 6.07) is 15.9. The van der Waals surface area contributed by atoms with Crippen LogP contribution >= 0.6 is 0 Å². The van der Waals surface area contributed by atoms with E-state index in [1.165, 1.54) is 0 Å². The van der Waals surface area contributed by atoms with Crippen LogP contribution in [0.3, 0.4) is 0 Å². The monoisotopic (exact) mass is 288 g/mol. The molecule has 0 atom stereocenters. The molecule has 0 spiro atoms. The number of benzene rings is 2. The average molecular weight is 288 g/mol. The van der Waals surface area contributed by atoms with Gasteiger partial charge in [0.2, 0.25) is 0 Å². The Labute approximate surface area is 133 Å². The highest BCUT2D eigenvalue weighted by molar-refractivity contribution is 5.46. The molecule has 0 aliphatic carbocycles. The van der Waals surface area contributed by atoms with Crippen LogP contribution in [-0.2, 0) is 0 Å². The molecule has 0 aliphatic heterocycles. The van der Waals surface area contributed by atoms with Crippen LogP contribution in [0.2, 0.25) is 0 Å². The molecule has 0 heterocycles. The number of ether oxygens (including phenoxy) is 1. The molecule has 0 N–H and O–H groups in total. The number of hydrogen-bond donors (Lipinski definition) is 0. The van der Waals surface area contributed by atoms with Crippen LogP contribution in [0.5, 0.6) is 5.75 Å². The molecule has 0 unspecified atom stereocenters. The van der Waals surface area contributed by atoms with Crippen molar-refractivity contribution in [1.29, 1.82) is 0 Å². The quantitative estimate of drug-likeness (QED) is 0.588. The normalized spacial score (nSPS) is 9.18. The Morgan fingerprint density at radius 2 is 1.27 bits per heavy atom. The standard InChI is InChI=1S/C21H20O/c1-3-5-17-22-21-15-13-20(14-16-21)12-11-19-9-7-18(6-4-2)8-10-19/h7-10,13-16H,3,5,17H2,1-2H3. The molecule has 2 rings (SSSR count). The maximum Gasteiger partial charge on any atom is 0.119 e. The van der Waals surface area contributed by atoms with Crippen LogP contribution in [0, 0.1) is 23.7 Å². The van der Waals surface area contributed by atoms with Crippen LogP contribution in [0.4, 0.5) is 0 Å². The summed E-state index contributed by atoms with van der Waals surface area (Å²) in [4.78, 5) is 0. The third-order valence-corrected chi connectivity index (χ3v) is 3.13. The van der Waals surface area contributed by atoms with Crippen molar-refractivity contribution < 1.29 is 4.74 Å². The second kappa shape index (κ2) is 8.60. The smallest absolute Gasteiger partial charge is 0.119 e. The minimum absolute atomic E-state index is 0.772. The molecule has 0 aliphatic rings. The lowest BCUT2D eigenvalue weighted by Gasteiger charge is -2.04. The molecule has 0 saturated carbocycles. The highest BCUT2D eigenvalue weighted by Gasteiger charge is 1.93. The first-order valence-corrected chi connectivity index (χ1v) is 7.59. The average Bonchev–Trinajstić information content (AvgIpc) is 2.56. The van der Waals surface area contributed by atoms with E-state index in [1.54, 1.807) is 0 Å². The van der Waals surface area contributed by atoms with Crippen LogP contribution < -0.4 is 4.74 Å². The van der Waals surface area contributed by atoms with Gasteiger partial charge in [0.1, 0.15) is 5.75 Å². The molecule has 1 heteroatoms. The Kier molecular flexibility index (Phi) is 6.16. The summed E-state index contributed by atoms with van der Waals surface area (Å²) < 4.78 is 5.64. The van der Waals surface area contributed by atoms with Crippen molar-refractivity contribution in [3.05, 3.63) is 65.2 Å². The fourth-order valence-electron chi connectivity index (χ4n) is 1.89. The summed E-state index contributed by atoms with van der Waals surface area (Å²) in [6.45, 7) is 4.77. The second-order valence-corrected chi connectivity index (χ2v) is 4.93. The Morgan fingerprint density at radius 3 is 1.77 bits per heavy atom. The molecule has 0 radical (unpaired) electrons. The first kappa shape index (κ1) is 15.7.